The third-order valence-corrected chi connectivity index (χ3v) is 4.49. The van der Waals surface area contributed by atoms with E-state index in [-0.39, 0.29) is 0 Å². The van der Waals surface area contributed by atoms with Gasteiger partial charge in [0, 0.05) is 41.6 Å². The highest BCUT2D eigenvalue weighted by molar-refractivity contribution is 7.17. The summed E-state index contributed by atoms with van der Waals surface area (Å²) in [6.45, 7) is 2.12. The van der Waals surface area contributed by atoms with Crippen LogP contribution < -0.4 is 5.73 Å². The van der Waals surface area contributed by atoms with E-state index in [9.17, 15) is 0 Å². The Kier molecular flexibility index (Phi) is 2.86. The summed E-state index contributed by atoms with van der Waals surface area (Å²) in [6.07, 6.45) is 4.94. The molecule has 2 aromatic heterocycles. The topological polar surface area (TPSA) is 42.1 Å². The molecule has 2 N–H and O–H groups in total. The largest absolute Gasteiger partial charge is 0.327 e. The summed E-state index contributed by atoms with van der Waals surface area (Å²) >= 11 is 1.81. The first-order valence-corrected chi connectivity index (χ1v) is 6.87. The monoisotopic (exact) mass is 247 g/mol. The molecule has 4 heteroatoms. The number of pyridine rings is 1. The number of likely N-dealkylation sites (tertiary alicyclic amines) is 1. The van der Waals surface area contributed by atoms with Crippen molar-refractivity contribution in [1.29, 1.82) is 0 Å². The Morgan fingerprint density at radius 3 is 3.18 bits per heavy atom. The van der Waals surface area contributed by atoms with E-state index < -0.39 is 0 Å². The quantitative estimate of drug-likeness (QED) is 0.838. The van der Waals surface area contributed by atoms with Crippen LogP contribution in [0, 0.1) is 0 Å². The minimum atomic E-state index is 0.297. The predicted molar refractivity (Wildman–Crippen MR) is 72.5 cm³/mol. The fourth-order valence-electron chi connectivity index (χ4n) is 2.80. The summed E-state index contributed by atoms with van der Waals surface area (Å²) in [5.41, 5.74) is 7.54. The summed E-state index contributed by atoms with van der Waals surface area (Å²) < 4.78 is 1.33. The maximum atomic E-state index is 6.11. The highest BCUT2D eigenvalue weighted by Gasteiger charge is 2.25. The number of rotatable bonds is 1. The normalized spacial score (nSPS) is 26.5. The van der Waals surface area contributed by atoms with E-state index in [0.717, 1.165) is 19.5 Å². The molecule has 3 heterocycles. The molecule has 0 saturated carbocycles. The van der Waals surface area contributed by atoms with Crippen LogP contribution in [0.15, 0.2) is 23.8 Å². The van der Waals surface area contributed by atoms with Gasteiger partial charge in [-0.2, -0.15) is 0 Å². The molecule has 0 amide bonds. The molecule has 90 valence electrons. The van der Waals surface area contributed by atoms with Gasteiger partial charge in [0.25, 0.3) is 0 Å². The van der Waals surface area contributed by atoms with Gasteiger partial charge >= 0.3 is 0 Å². The molecule has 2 atom stereocenters. The number of fused-ring (bicyclic) bond motifs is 1. The van der Waals surface area contributed by atoms with Crippen molar-refractivity contribution in [1.82, 2.24) is 9.88 Å². The Bertz CT molecular complexity index is 512. The van der Waals surface area contributed by atoms with Crippen molar-refractivity contribution < 1.29 is 0 Å². The lowest BCUT2D eigenvalue weighted by Crippen LogP contribution is -2.44. The molecule has 0 bridgehead atoms. The van der Waals surface area contributed by atoms with E-state index in [4.69, 9.17) is 5.73 Å². The molecule has 1 aliphatic heterocycles. The van der Waals surface area contributed by atoms with Gasteiger partial charge in [-0.05, 0) is 36.4 Å². The fraction of sp³-hybridized carbons (Fsp3) is 0.462. The van der Waals surface area contributed by atoms with Gasteiger partial charge in [-0.15, -0.1) is 11.3 Å². The lowest BCUT2D eigenvalue weighted by molar-refractivity contribution is 0.228. The summed E-state index contributed by atoms with van der Waals surface area (Å²) in [7, 11) is 2.15. The average molecular weight is 247 g/mol. The maximum absolute atomic E-state index is 6.11. The fourth-order valence-corrected chi connectivity index (χ4v) is 3.81. The Hall–Kier alpha value is -0.970. The summed E-state index contributed by atoms with van der Waals surface area (Å²) in [5.74, 6) is 0.557. The van der Waals surface area contributed by atoms with Crippen LogP contribution in [-0.2, 0) is 0 Å². The number of thiophene rings is 1. The molecule has 3 nitrogen and oxygen atoms in total. The number of aromatic nitrogens is 1. The molecule has 2 unspecified atom stereocenters. The van der Waals surface area contributed by atoms with Crippen molar-refractivity contribution in [3.05, 3.63) is 29.4 Å². The number of nitrogens with zero attached hydrogens (tertiary/aromatic N) is 2. The van der Waals surface area contributed by atoms with E-state index in [1.165, 1.54) is 15.6 Å². The van der Waals surface area contributed by atoms with Gasteiger partial charge < -0.3 is 10.6 Å². The number of nitrogens with two attached hydrogens (primary N) is 1. The molecule has 1 fully saturated rings. The average Bonchev–Trinajstić information content (AvgIpc) is 2.71. The van der Waals surface area contributed by atoms with E-state index in [1.807, 2.05) is 23.7 Å². The van der Waals surface area contributed by atoms with Gasteiger partial charge in [0.2, 0.25) is 0 Å². The third-order valence-electron chi connectivity index (χ3n) is 3.51. The molecule has 1 saturated heterocycles. The van der Waals surface area contributed by atoms with Gasteiger partial charge in [-0.3, -0.25) is 4.98 Å². The van der Waals surface area contributed by atoms with Gasteiger partial charge in [0.05, 0.1) is 0 Å². The number of likely N-dealkylation sites (N-methyl/N-ethyl adjacent to an activating group) is 1. The van der Waals surface area contributed by atoms with Crippen molar-refractivity contribution >= 4 is 21.4 Å². The van der Waals surface area contributed by atoms with E-state index in [1.54, 1.807) is 0 Å². The van der Waals surface area contributed by atoms with Crippen LogP contribution in [0.4, 0.5) is 0 Å². The second-order valence-corrected chi connectivity index (χ2v) is 5.89. The zero-order chi connectivity index (χ0) is 11.8. The van der Waals surface area contributed by atoms with Crippen LogP contribution in [0.25, 0.3) is 10.1 Å². The Morgan fingerprint density at radius 1 is 1.47 bits per heavy atom. The van der Waals surface area contributed by atoms with Crippen molar-refractivity contribution in [2.24, 2.45) is 5.73 Å². The van der Waals surface area contributed by atoms with Crippen LogP contribution in [0.5, 0.6) is 0 Å². The molecular weight excluding hydrogens is 230 g/mol. The number of hydrogen-bond donors (Lipinski definition) is 1. The van der Waals surface area contributed by atoms with Crippen LogP contribution in [-0.4, -0.2) is 36.1 Å². The molecule has 0 aliphatic carbocycles. The van der Waals surface area contributed by atoms with Crippen molar-refractivity contribution in [2.45, 2.75) is 18.4 Å². The Balaban J connectivity index is 1.98. The van der Waals surface area contributed by atoms with Crippen molar-refractivity contribution in [3.8, 4) is 0 Å². The molecule has 0 aromatic carbocycles. The van der Waals surface area contributed by atoms with E-state index in [2.05, 4.69) is 28.4 Å². The number of piperidine rings is 1. The standard InChI is InChI=1S/C13H17N3S/c1-16-6-9(4-10(14)7-16)12-8-17-13-2-3-15-5-11(12)13/h2-3,5,8-10H,4,6-7,14H2,1H3. The lowest BCUT2D eigenvalue weighted by atomic mass is 9.89. The smallest absolute Gasteiger partial charge is 0.0376 e. The second-order valence-electron chi connectivity index (χ2n) is 4.98. The van der Waals surface area contributed by atoms with Gasteiger partial charge in [-0.1, -0.05) is 0 Å². The van der Waals surface area contributed by atoms with Crippen LogP contribution >= 0.6 is 11.3 Å². The Labute approximate surface area is 105 Å². The van der Waals surface area contributed by atoms with Gasteiger partial charge in [-0.25, -0.2) is 0 Å². The Morgan fingerprint density at radius 2 is 2.35 bits per heavy atom. The van der Waals surface area contributed by atoms with E-state index in [0.29, 0.717) is 12.0 Å². The predicted octanol–water partition coefficient (Wildman–Crippen LogP) is 2.04. The van der Waals surface area contributed by atoms with Crippen LogP contribution in [0.1, 0.15) is 17.9 Å². The summed E-state index contributed by atoms with van der Waals surface area (Å²) in [4.78, 5) is 6.57. The highest BCUT2D eigenvalue weighted by Crippen LogP contribution is 2.34. The number of hydrogen-bond acceptors (Lipinski definition) is 4. The van der Waals surface area contributed by atoms with Crippen molar-refractivity contribution in [3.63, 3.8) is 0 Å². The molecule has 17 heavy (non-hydrogen) atoms. The van der Waals surface area contributed by atoms with Crippen LogP contribution in [0.2, 0.25) is 0 Å². The molecular formula is C13H17N3S. The zero-order valence-corrected chi connectivity index (χ0v) is 10.8. The highest BCUT2D eigenvalue weighted by atomic mass is 32.1. The minimum Gasteiger partial charge on any atom is -0.327 e. The SMILES string of the molecule is CN1CC(N)CC(c2csc3ccncc23)C1. The maximum Gasteiger partial charge on any atom is 0.0376 e. The second kappa shape index (κ2) is 4.37. The first-order chi connectivity index (χ1) is 8.24. The first kappa shape index (κ1) is 11.1. The first-order valence-electron chi connectivity index (χ1n) is 5.99. The minimum absolute atomic E-state index is 0.297. The van der Waals surface area contributed by atoms with Gasteiger partial charge in [0.1, 0.15) is 0 Å². The summed E-state index contributed by atoms with van der Waals surface area (Å²) in [5, 5.41) is 3.59. The van der Waals surface area contributed by atoms with Crippen LogP contribution in [0.3, 0.4) is 0 Å². The van der Waals surface area contributed by atoms with Gasteiger partial charge in [0.15, 0.2) is 0 Å². The molecule has 0 spiro atoms. The molecule has 3 rings (SSSR count). The zero-order valence-electron chi connectivity index (χ0n) is 9.97. The third kappa shape index (κ3) is 2.08. The van der Waals surface area contributed by atoms with Crippen molar-refractivity contribution in [2.75, 3.05) is 20.1 Å². The molecule has 1 aliphatic rings. The molecule has 2 aromatic rings. The molecule has 0 radical (unpaired) electrons. The van der Waals surface area contributed by atoms with E-state index >= 15 is 0 Å². The lowest BCUT2D eigenvalue weighted by Gasteiger charge is -2.33. The summed E-state index contributed by atoms with van der Waals surface area (Å²) in [6, 6.07) is 2.39.